The van der Waals surface area contributed by atoms with Crippen LogP contribution < -0.4 is 10.0 Å². The van der Waals surface area contributed by atoms with E-state index in [-0.39, 0.29) is 10.5 Å². The summed E-state index contributed by atoms with van der Waals surface area (Å²) < 4.78 is 31.9. The van der Waals surface area contributed by atoms with Gasteiger partial charge in [0.1, 0.15) is 0 Å². The number of methoxy groups -OCH3 is 1. The fourth-order valence-electron chi connectivity index (χ4n) is 2.31. The Hall–Kier alpha value is -2.42. The van der Waals surface area contributed by atoms with E-state index in [1.807, 2.05) is 0 Å². The molecule has 0 radical (unpaired) electrons. The number of hydrogen-bond acceptors (Lipinski definition) is 5. The minimum atomic E-state index is -4.01. The molecule has 27 heavy (non-hydrogen) atoms. The number of anilines is 1. The molecule has 0 heterocycles. The average molecular weight is 411 g/mol. The molecule has 0 atom stereocenters. The normalized spacial score (nSPS) is 11.1. The number of hydrogen-bond donors (Lipinski definition) is 2. The number of amides is 1. The summed E-state index contributed by atoms with van der Waals surface area (Å²) in [4.78, 5) is 23.6. The number of carbonyl (C=O) groups excluding carboxylic acids is 2. The highest BCUT2D eigenvalue weighted by molar-refractivity contribution is 7.89. The Morgan fingerprint density at radius 2 is 1.85 bits per heavy atom. The molecular weight excluding hydrogens is 392 g/mol. The van der Waals surface area contributed by atoms with Crippen molar-refractivity contribution in [2.45, 2.75) is 18.7 Å². The van der Waals surface area contributed by atoms with Crippen molar-refractivity contribution in [1.82, 2.24) is 4.72 Å². The number of halogens is 1. The first kappa shape index (κ1) is 20.9. The monoisotopic (exact) mass is 410 g/mol. The van der Waals surface area contributed by atoms with Crippen molar-refractivity contribution in [2.24, 2.45) is 0 Å². The molecule has 0 spiro atoms. The van der Waals surface area contributed by atoms with Crippen LogP contribution in [0.1, 0.15) is 21.5 Å². The smallest absolute Gasteiger partial charge is 0.337 e. The van der Waals surface area contributed by atoms with Crippen LogP contribution in [0.25, 0.3) is 0 Å². The summed E-state index contributed by atoms with van der Waals surface area (Å²) in [5, 5.41) is 3.09. The van der Waals surface area contributed by atoms with Gasteiger partial charge in [0, 0.05) is 10.7 Å². The Bertz CT molecular complexity index is 989. The summed E-state index contributed by atoms with van der Waals surface area (Å²) >= 11 is 6.00. The molecule has 0 fully saturated rings. The molecule has 2 aromatic rings. The molecule has 0 unspecified atom stereocenters. The third-order valence-corrected chi connectivity index (χ3v) is 5.82. The predicted octanol–water partition coefficient (Wildman–Crippen LogP) is 2.66. The maximum absolute atomic E-state index is 12.5. The molecule has 2 N–H and O–H groups in total. The number of esters is 1. The molecule has 2 rings (SSSR count). The Kier molecular flexibility index (Phi) is 6.59. The van der Waals surface area contributed by atoms with Crippen molar-refractivity contribution < 1.29 is 22.7 Å². The zero-order chi connectivity index (χ0) is 20.2. The van der Waals surface area contributed by atoms with Crippen molar-refractivity contribution in [3.05, 3.63) is 58.1 Å². The van der Waals surface area contributed by atoms with E-state index in [0.717, 1.165) is 0 Å². The first-order valence-corrected chi connectivity index (χ1v) is 9.75. The van der Waals surface area contributed by atoms with Gasteiger partial charge in [-0.3, -0.25) is 4.79 Å². The van der Waals surface area contributed by atoms with E-state index in [9.17, 15) is 18.0 Å². The van der Waals surface area contributed by atoms with Crippen LogP contribution in [0.15, 0.2) is 41.3 Å². The van der Waals surface area contributed by atoms with Gasteiger partial charge in [0.15, 0.2) is 0 Å². The van der Waals surface area contributed by atoms with Gasteiger partial charge in [-0.1, -0.05) is 23.7 Å². The molecule has 7 nitrogen and oxygen atoms in total. The molecule has 9 heteroatoms. The second kappa shape index (κ2) is 8.51. The van der Waals surface area contributed by atoms with Gasteiger partial charge < -0.3 is 10.1 Å². The van der Waals surface area contributed by atoms with Crippen LogP contribution >= 0.6 is 11.6 Å². The van der Waals surface area contributed by atoms with Gasteiger partial charge in [-0.15, -0.1) is 0 Å². The van der Waals surface area contributed by atoms with E-state index in [4.69, 9.17) is 11.6 Å². The molecule has 0 aliphatic carbocycles. The van der Waals surface area contributed by atoms with Crippen molar-refractivity contribution in [3.8, 4) is 0 Å². The summed E-state index contributed by atoms with van der Waals surface area (Å²) in [6.07, 6.45) is 0. The quantitative estimate of drug-likeness (QED) is 0.713. The van der Waals surface area contributed by atoms with Crippen LogP contribution in [0, 0.1) is 13.8 Å². The fraction of sp³-hybridized carbons (Fsp3) is 0.222. The van der Waals surface area contributed by atoms with Crippen LogP contribution in [-0.4, -0.2) is 33.9 Å². The van der Waals surface area contributed by atoms with Gasteiger partial charge in [0.25, 0.3) is 0 Å². The van der Waals surface area contributed by atoms with Gasteiger partial charge in [-0.05, 0) is 49.2 Å². The number of sulfonamides is 1. The number of rotatable bonds is 6. The van der Waals surface area contributed by atoms with Crippen molar-refractivity contribution in [3.63, 3.8) is 0 Å². The van der Waals surface area contributed by atoms with E-state index in [1.54, 1.807) is 32.0 Å². The van der Waals surface area contributed by atoms with Crippen LogP contribution in [-0.2, 0) is 19.6 Å². The lowest BCUT2D eigenvalue weighted by atomic mass is 10.1. The highest BCUT2D eigenvalue weighted by Gasteiger charge is 2.20. The molecule has 0 aliphatic heterocycles. The van der Waals surface area contributed by atoms with Crippen molar-refractivity contribution in [2.75, 3.05) is 19.0 Å². The largest absolute Gasteiger partial charge is 0.465 e. The number of carbonyl (C=O) groups is 2. The van der Waals surface area contributed by atoms with Gasteiger partial charge in [-0.2, -0.15) is 0 Å². The number of aryl methyl sites for hydroxylation is 1. The number of nitrogens with one attached hydrogen (secondary N) is 2. The minimum absolute atomic E-state index is 0.0995. The maximum atomic E-state index is 12.5. The molecule has 0 saturated carbocycles. The second-order valence-electron chi connectivity index (χ2n) is 5.76. The first-order chi connectivity index (χ1) is 12.7. The fourth-order valence-corrected chi connectivity index (χ4v) is 3.74. The Morgan fingerprint density at radius 3 is 2.52 bits per heavy atom. The zero-order valence-electron chi connectivity index (χ0n) is 15.0. The van der Waals surface area contributed by atoms with E-state index >= 15 is 0 Å². The zero-order valence-corrected chi connectivity index (χ0v) is 16.6. The summed E-state index contributed by atoms with van der Waals surface area (Å²) in [7, 11) is -2.80. The topological polar surface area (TPSA) is 102 Å². The Morgan fingerprint density at radius 1 is 1.15 bits per heavy atom. The van der Waals surface area contributed by atoms with Crippen LogP contribution in [0.2, 0.25) is 5.02 Å². The Labute approximate surface area is 162 Å². The summed E-state index contributed by atoms with van der Waals surface area (Å²) in [5.41, 5.74) is 1.70. The summed E-state index contributed by atoms with van der Waals surface area (Å²) in [6, 6.07) is 9.20. The van der Waals surface area contributed by atoms with Crippen molar-refractivity contribution >= 4 is 39.2 Å². The minimum Gasteiger partial charge on any atom is -0.465 e. The van der Waals surface area contributed by atoms with E-state index in [1.165, 1.54) is 25.3 Å². The van der Waals surface area contributed by atoms with Crippen LogP contribution in [0.5, 0.6) is 0 Å². The van der Waals surface area contributed by atoms with Crippen molar-refractivity contribution in [1.29, 1.82) is 0 Å². The lowest BCUT2D eigenvalue weighted by Crippen LogP contribution is -2.33. The molecule has 0 saturated heterocycles. The Balaban J connectivity index is 2.14. The van der Waals surface area contributed by atoms with Gasteiger partial charge in [0.2, 0.25) is 15.9 Å². The van der Waals surface area contributed by atoms with Gasteiger partial charge in [0.05, 0.1) is 24.1 Å². The predicted molar refractivity (Wildman–Crippen MR) is 103 cm³/mol. The molecular formula is C18H19ClN2O5S. The molecule has 144 valence electrons. The summed E-state index contributed by atoms with van der Waals surface area (Å²) in [5.74, 6) is -1.20. The molecule has 0 aromatic heterocycles. The average Bonchev–Trinajstić information content (AvgIpc) is 2.63. The number of ether oxygens (including phenoxy) is 1. The lowest BCUT2D eigenvalue weighted by molar-refractivity contribution is -0.115. The molecule has 0 aliphatic rings. The van der Waals surface area contributed by atoms with Gasteiger partial charge in [-0.25, -0.2) is 17.9 Å². The van der Waals surface area contributed by atoms with E-state index < -0.39 is 28.4 Å². The first-order valence-electron chi connectivity index (χ1n) is 7.89. The summed E-state index contributed by atoms with van der Waals surface area (Å²) in [6.45, 7) is 2.85. The number of benzene rings is 2. The molecule has 2 aromatic carbocycles. The standard InChI is InChI=1S/C18H19ClN2O5S/c1-11-7-8-13(18(23)26-3)9-16(11)27(24,25)20-10-17(22)21-15-6-4-5-14(19)12(15)2/h4-9,20H,10H2,1-3H3,(H,21,22). The van der Waals surface area contributed by atoms with Crippen LogP contribution in [0.3, 0.4) is 0 Å². The lowest BCUT2D eigenvalue weighted by Gasteiger charge is -2.12. The molecule has 1 amide bonds. The van der Waals surface area contributed by atoms with E-state index in [2.05, 4.69) is 14.8 Å². The maximum Gasteiger partial charge on any atom is 0.337 e. The van der Waals surface area contributed by atoms with Crippen LogP contribution in [0.4, 0.5) is 5.69 Å². The van der Waals surface area contributed by atoms with Gasteiger partial charge >= 0.3 is 5.97 Å². The SMILES string of the molecule is COC(=O)c1ccc(C)c(S(=O)(=O)NCC(=O)Nc2cccc(Cl)c2C)c1. The van der Waals surface area contributed by atoms with E-state index in [0.29, 0.717) is 21.8 Å². The third-order valence-electron chi connectivity index (χ3n) is 3.86. The highest BCUT2D eigenvalue weighted by atomic mass is 35.5. The second-order valence-corrected chi connectivity index (χ2v) is 7.90. The highest BCUT2D eigenvalue weighted by Crippen LogP contribution is 2.23. The molecule has 0 bridgehead atoms. The third kappa shape index (κ3) is 5.06.